The Morgan fingerprint density at radius 2 is 1.81 bits per heavy atom. The lowest BCUT2D eigenvalue weighted by Gasteiger charge is -2.05. The van der Waals surface area contributed by atoms with E-state index in [1.807, 2.05) is 13.0 Å². The van der Waals surface area contributed by atoms with E-state index in [0.29, 0.717) is 0 Å². The first-order valence-corrected chi connectivity index (χ1v) is 5.20. The van der Waals surface area contributed by atoms with E-state index in [2.05, 4.69) is 0 Å². The largest absolute Gasteiger partial charge is 0.506 e. The summed E-state index contributed by atoms with van der Waals surface area (Å²) in [5, 5.41) is 9.56. The highest BCUT2D eigenvalue weighted by atomic mass is 35.5. The molecular weight excluding hydrogens is 227 g/mol. The van der Waals surface area contributed by atoms with Gasteiger partial charge in [0.25, 0.3) is 0 Å². The molecule has 0 aliphatic heterocycles. The van der Waals surface area contributed by atoms with Crippen molar-refractivity contribution in [3.05, 3.63) is 52.8 Å². The summed E-state index contributed by atoms with van der Waals surface area (Å²) in [5.74, 6) is -0.252. The molecule has 0 spiro atoms. The molecule has 16 heavy (non-hydrogen) atoms. The third-order valence-corrected chi connectivity index (χ3v) is 2.63. The van der Waals surface area contributed by atoms with E-state index in [0.717, 1.165) is 16.7 Å². The fraction of sp³-hybridized carbons (Fsp3) is 0.0769. The summed E-state index contributed by atoms with van der Waals surface area (Å²) in [6.07, 6.45) is 0. The minimum atomic E-state index is -0.279. The van der Waals surface area contributed by atoms with Crippen molar-refractivity contribution in [3.63, 3.8) is 0 Å². The number of hydrogen-bond donors (Lipinski definition) is 1. The molecule has 0 bridgehead atoms. The van der Waals surface area contributed by atoms with Crippen LogP contribution in [0.5, 0.6) is 5.75 Å². The Balaban J connectivity index is 2.54. The number of phenolic OH excluding ortho intramolecular Hbond substituents is 1. The van der Waals surface area contributed by atoms with Gasteiger partial charge in [0.2, 0.25) is 0 Å². The standard InChI is InChI=1S/C13H10ClFO/c1-8-4-10(6-11(15)5-8)9-2-3-13(16)12(14)7-9/h2-7,16H,1H3. The van der Waals surface area contributed by atoms with E-state index in [1.165, 1.54) is 18.2 Å². The van der Waals surface area contributed by atoms with Crippen LogP contribution in [0.4, 0.5) is 4.39 Å². The summed E-state index contributed by atoms with van der Waals surface area (Å²) < 4.78 is 13.2. The van der Waals surface area contributed by atoms with Crippen LogP contribution in [0.2, 0.25) is 5.02 Å². The molecule has 0 radical (unpaired) electrons. The van der Waals surface area contributed by atoms with Crippen molar-refractivity contribution in [2.45, 2.75) is 6.92 Å². The summed E-state index contributed by atoms with van der Waals surface area (Å²) >= 11 is 5.80. The Bertz CT molecular complexity index is 517. The van der Waals surface area contributed by atoms with Crippen molar-refractivity contribution in [3.8, 4) is 16.9 Å². The molecule has 82 valence electrons. The Morgan fingerprint density at radius 3 is 2.44 bits per heavy atom. The number of rotatable bonds is 1. The van der Waals surface area contributed by atoms with Crippen LogP contribution in [0.3, 0.4) is 0 Å². The highest BCUT2D eigenvalue weighted by molar-refractivity contribution is 6.32. The number of hydrogen-bond acceptors (Lipinski definition) is 1. The Labute approximate surface area is 98.1 Å². The summed E-state index contributed by atoms with van der Waals surface area (Å²) in [6.45, 7) is 1.83. The van der Waals surface area contributed by atoms with Gasteiger partial charge < -0.3 is 5.11 Å². The summed E-state index contributed by atoms with van der Waals surface area (Å²) in [5.41, 5.74) is 2.38. The van der Waals surface area contributed by atoms with Crippen molar-refractivity contribution in [1.82, 2.24) is 0 Å². The Hall–Kier alpha value is -1.54. The maximum absolute atomic E-state index is 13.2. The minimum absolute atomic E-state index is 0.0264. The number of benzene rings is 2. The van der Waals surface area contributed by atoms with E-state index in [1.54, 1.807) is 12.1 Å². The highest BCUT2D eigenvalue weighted by Gasteiger charge is 2.04. The van der Waals surface area contributed by atoms with Crippen LogP contribution < -0.4 is 0 Å². The van der Waals surface area contributed by atoms with Crippen LogP contribution in [0.25, 0.3) is 11.1 Å². The zero-order valence-electron chi connectivity index (χ0n) is 8.67. The van der Waals surface area contributed by atoms with Crippen LogP contribution in [-0.4, -0.2) is 5.11 Å². The molecule has 0 unspecified atom stereocenters. The first-order chi connectivity index (χ1) is 7.56. The van der Waals surface area contributed by atoms with Crippen molar-refractivity contribution in [1.29, 1.82) is 0 Å². The Morgan fingerprint density at radius 1 is 1.06 bits per heavy atom. The number of halogens is 2. The van der Waals surface area contributed by atoms with Crippen molar-refractivity contribution in [2.75, 3.05) is 0 Å². The third-order valence-electron chi connectivity index (χ3n) is 2.32. The Kier molecular flexibility index (Phi) is 2.84. The molecule has 0 heterocycles. The molecular formula is C13H10ClFO. The first kappa shape index (κ1) is 11.0. The van der Waals surface area contributed by atoms with E-state index in [-0.39, 0.29) is 16.6 Å². The number of phenols is 1. The van der Waals surface area contributed by atoms with Gasteiger partial charge in [-0.2, -0.15) is 0 Å². The zero-order chi connectivity index (χ0) is 11.7. The molecule has 3 heteroatoms. The quantitative estimate of drug-likeness (QED) is 0.788. The number of aromatic hydroxyl groups is 1. The van der Waals surface area contributed by atoms with Crippen molar-refractivity contribution < 1.29 is 9.50 Å². The van der Waals surface area contributed by atoms with Gasteiger partial charge in [-0.15, -0.1) is 0 Å². The van der Waals surface area contributed by atoms with Gasteiger partial charge in [-0.3, -0.25) is 0 Å². The van der Waals surface area contributed by atoms with Gasteiger partial charge in [-0.25, -0.2) is 4.39 Å². The van der Waals surface area contributed by atoms with Crippen LogP contribution in [-0.2, 0) is 0 Å². The summed E-state index contributed by atoms with van der Waals surface area (Å²) in [4.78, 5) is 0. The van der Waals surface area contributed by atoms with E-state index in [4.69, 9.17) is 11.6 Å². The predicted molar refractivity (Wildman–Crippen MR) is 63.2 cm³/mol. The molecule has 0 saturated carbocycles. The van der Waals surface area contributed by atoms with Crippen molar-refractivity contribution >= 4 is 11.6 Å². The molecule has 0 saturated heterocycles. The number of aryl methyl sites for hydroxylation is 1. The normalized spacial score (nSPS) is 10.4. The van der Waals surface area contributed by atoms with Gasteiger partial charge in [0.1, 0.15) is 11.6 Å². The van der Waals surface area contributed by atoms with Gasteiger partial charge in [-0.05, 0) is 47.9 Å². The second-order valence-corrected chi connectivity index (χ2v) is 4.09. The predicted octanol–water partition coefficient (Wildman–Crippen LogP) is 4.16. The summed E-state index contributed by atoms with van der Waals surface area (Å²) in [6, 6.07) is 9.59. The van der Waals surface area contributed by atoms with Gasteiger partial charge in [0.05, 0.1) is 5.02 Å². The average Bonchev–Trinajstić information content (AvgIpc) is 2.20. The molecule has 0 aliphatic carbocycles. The van der Waals surface area contributed by atoms with Gasteiger partial charge in [0, 0.05) is 0 Å². The van der Waals surface area contributed by atoms with Gasteiger partial charge in [0.15, 0.2) is 0 Å². The summed E-state index contributed by atoms with van der Waals surface area (Å²) in [7, 11) is 0. The molecule has 0 amide bonds. The minimum Gasteiger partial charge on any atom is -0.506 e. The second-order valence-electron chi connectivity index (χ2n) is 3.68. The lowest BCUT2D eigenvalue weighted by molar-refractivity contribution is 0.475. The van der Waals surface area contributed by atoms with Crippen molar-refractivity contribution in [2.24, 2.45) is 0 Å². The fourth-order valence-corrected chi connectivity index (χ4v) is 1.77. The lowest BCUT2D eigenvalue weighted by Crippen LogP contribution is -1.83. The van der Waals surface area contributed by atoms with Gasteiger partial charge in [-0.1, -0.05) is 23.7 Å². The molecule has 2 aromatic carbocycles. The second kappa shape index (κ2) is 4.14. The topological polar surface area (TPSA) is 20.2 Å². The van der Waals surface area contributed by atoms with Crippen LogP contribution in [0.15, 0.2) is 36.4 Å². The van der Waals surface area contributed by atoms with E-state index >= 15 is 0 Å². The maximum Gasteiger partial charge on any atom is 0.134 e. The molecule has 0 fully saturated rings. The first-order valence-electron chi connectivity index (χ1n) is 4.82. The third kappa shape index (κ3) is 2.17. The average molecular weight is 237 g/mol. The lowest BCUT2D eigenvalue weighted by atomic mass is 10.0. The van der Waals surface area contributed by atoms with Crippen LogP contribution in [0, 0.1) is 12.7 Å². The molecule has 2 rings (SSSR count). The molecule has 2 aromatic rings. The maximum atomic E-state index is 13.2. The van der Waals surface area contributed by atoms with E-state index < -0.39 is 0 Å². The SMILES string of the molecule is Cc1cc(F)cc(-c2ccc(O)c(Cl)c2)c1. The monoisotopic (exact) mass is 236 g/mol. The van der Waals surface area contributed by atoms with E-state index in [9.17, 15) is 9.50 Å². The fourth-order valence-electron chi connectivity index (χ4n) is 1.59. The zero-order valence-corrected chi connectivity index (χ0v) is 9.42. The molecule has 0 atom stereocenters. The molecule has 1 N–H and O–H groups in total. The van der Waals surface area contributed by atoms with Crippen LogP contribution in [0.1, 0.15) is 5.56 Å². The highest BCUT2D eigenvalue weighted by Crippen LogP contribution is 2.30. The smallest absolute Gasteiger partial charge is 0.134 e. The molecule has 0 aromatic heterocycles. The van der Waals surface area contributed by atoms with Gasteiger partial charge >= 0.3 is 0 Å². The van der Waals surface area contributed by atoms with Crippen LogP contribution >= 0.6 is 11.6 Å². The molecule has 1 nitrogen and oxygen atoms in total. The molecule has 0 aliphatic rings.